The van der Waals surface area contributed by atoms with E-state index in [1.165, 1.54) is 18.3 Å². The predicted octanol–water partition coefficient (Wildman–Crippen LogP) is 5.68. The van der Waals surface area contributed by atoms with E-state index in [-0.39, 0.29) is 11.3 Å². The number of non-ortho nitro benzene ring substituents is 1. The Bertz CT molecular complexity index is 1370. The summed E-state index contributed by atoms with van der Waals surface area (Å²) in [6.07, 6.45) is 1.34. The van der Waals surface area contributed by atoms with Crippen LogP contribution in [0.1, 0.15) is 27.5 Å². The molecule has 9 heteroatoms. The van der Waals surface area contributed by atoms with Gasteiger partial charge in [-0.2, -0.15) is 5.10 Å². The quantitative estimate of drug-likeness (QED) is 0.226. The Morgan fingerprint density at radius 3 is 2.55 bits per heavy atom. The van der Waals surface area contributed by atoms with Crippen LogP contribution >= 0.6 is 11.6 Å². The fourth-order valence-corrected chi connectivity index (χ4v) is 3.73. The molecule has 0 bridgehead atoms. The lowest BCUT2D eigenvalue weighted by Crippen LogP contribution is -2.18. The average molecular weight is 463 g/mol. The number of hydrogen-bond donors (Lipinski definition) is 1. The van der Waals surface area contributed by atoms with Gasteiger partial charge < -0.3 is 8.98 Å². The number of rotatable bonds is 6. The van der Waals surface area contributed by atoms with Crippen LogP contribution in [-0.2, 0) is 0 Å². The third-order valence-electron chi connectivity index (χ3n) is 5.05. The van der Waals surface area contributed by atoms with Gasteiger partial charge in [0, 0.05) is 34.8 Å². The molecule has 0 fully saturated rings. The van der Waals surface area contributed by atoms with Crippen LogP contribution in [0.2, 0.25) is 5.02 Å². The van der Waals surface area contributed by atoms with Gasteiger partial charge in [-0.3, -0.25) is 14.9 Å². The maximum Gasteiger partial charge on any atom is 0.272 e. The van der Waals surface area contributed by atoms with Gasteiger partial charge >= 0.3 is 0 Å². The minimum atomic E-state index is -0.469. The number of nitro benzene ring substituents is 1. The van der Waals surface area contributed by atoms with Crippen molar-refractivity contribution < 1.29 is 14.1 Å². The van der Waals surface area contributed by atoms with Crippen LogP contribution in [0.3, 0.4) is 0 Å². The summed E-state index contributed by atoms with van der Waals surface area (Å²) in [7, 11) is 0. The molecule has 1 amide bonds. The molecule has 1 N–H and O–H groups in total. The Morgan fingerprint density at radius 1 is 1.09 bits per heavy atom. The molecule has 0 aliphatic carbocycles. The van der Waals surface area contributed by atoms with Crippen LogP contribution in [0.4, 0.5) is 5.69 Å². The van der Waals surface area contributed by atoms with Crippen LogP contribution in [0.25, 0.3) is 17.0 Å². The number of nitro groups is 1. The van der Waals surface area contributed by atoms with Gasteiger partial charge in [0.15, 0.2) is 0 Å². The topological polar surface area (TPSA) is 103 Å². The molecule has 8 nitrogen and oxygen atoms in total. The second-order valence-electron chi connectivity index (χ2n) is 7.32. The number of nitrogens with zero attached hydrogens (tertiary/aromatic N) is 3. The number of hydrazone groups is 1. The van der Waals surface area contributed by atoms with Crippen LogP contribution in [0, 0.1) is 24.0 Å². The number of hydrogen-bond acceptors (Lipinski definition) is 5. The van der Waals surface area contributed by atoms with E-state index in [2.05, 4.69) is 10.5 Å². The molecular weight excluding hydrogens is 444 g/mol. The van der Waals surface area contributed by atoms with E-state index in [4.69, 9.17) is 16.0 Å². The molecule has 166 valence electrons. The maximum atomic E-state index is 12.5. The number of amides is 1. The molecule has 0 unspecified atom stereocenters. The standard InChI is InChI=1S/C24H19ClN4O4/c1-15-6-7-16(2)28(15)18-8-10-21(22(25)13-18)24(30)27-26-14-20-9-11-23(33-20)17-4-3-5-19(12-17)29(31)32/h3-14H,1-2H3,(H,27,30)/b26-14+. The van der Waals surface area contributed by atoms with Crippen molar-refractivity contribution in [3.8, 4) is 17.0 Å². The smallest absolute Gasteiger partial charge is 0.272 e. The number of carbonyl (C=O) groups is 1. The van der Waals surface area contributed by atoms with E-state index < -0.39 is 10.8 Å². The monoisotopic (exact) mass is 462 g/mol. The molecule has 2 heterocycles. The summed E-state index contributed by atoms with van der Waals surface area (Å²) in [6, 6.07) is 18.7. The average Bonchev–Trinajstić information content (AvgIpc) is 3.40. The van der Waals surface area contributed by atoms with Crippen molar-refractivity contribution in [2.75, 3.05) is 0 Å². The van der Waals surface area contributed by atoms with Crippen molar-refractivity contribution in [1.29, 1.82) is 0 Å². The van der Waals surface area contributed by atoms with E-state index >= 15 is 0 Å². The zero-order valence-corrected chi connectivity index (χ0v) is 18.5. The zero-order chi connectivity index (χ0) is 23.5. The Labute approximate surface area is 194 Å². The van der Waals surface area contributed by atoms with E-state index in [1.54, 1.807) is 36.4 Å². The van der Waals surface area contributed by atoms with Gasteiger partial charge in [-0.1, -0.05) is 23.7 Å². The number of furan rings is 1. The van der Waals surface area contributed by atoms with Gasteiger partial charge in [0.1, 0.15) is 11.5 Å². The molecule has 0 radical (unpaired) electrons. The fraction of sp³-hybridized carbons (Fsp3) is 0.0833. The van der Waals surface area contributed by atoms with Gasteiger partial charge in [-0.25, -0.2) is 5.43 Å². The predicted molar refractivity (Wildman–Crippen MR) is 126 cm³/mol. The van der Waals surface area contributed by atoms with Crippen molar-refractivity contribution in [1.82, 2.24) is 9.99 Å². The molecule has 0 spiro atoms. The highest BCUT2D eigenvalue weighted by Crippen LogP contribution is 2.26. The second-order valence-corrected chi connectivity index (χ2v) is 7.73. The molecule has 0 aliphatic rings. The van der Waals surface area contributed by atoms with E-state index in [1.807, 2.05) is 36.6 Å². The number of aryl methyl sites for hydroxylation is 2. The first-order valence-electron chi connectivity index (χ1n) is 9.96. The van der Waals surface area contributed by atoms with Crippen molar-refractivity contribution in [3.05, 3.63) is 105 Å². The van der Waals surface area contributed by atoms with Gasteiger partial charge in [0.2, 0.25) is 0 Å². The van der Waals surface area contributed by atoms with E-state index in [9.17, 15) is 14.9 Å². The first-order chi connectivity index (χ1) is 15.8. The fourth-order valence-electron chi connectivity index (χ4n) is 3.47. The highest BCUT2D eigenvalue weighted by molar-refractivity contribution is 6.34. The normalized spacial score (nSPS) is 11.1. The Hall–Kier alpha value is -4.17. The number of nitrogens with one attached hydrogen (secondary N) is 1. The largest absolute Gasteiger partial charge is 0.455 e. The van der Waals surface area contributed by atoms with Gasteiger partial charge in [0.05, 0.1) is 21.7 Å². The third-order valence-corrected chi connectivity index (χ3v) is 5.37. The molecule has 0 atom stereocenters. The summed E-state index contributed by atoms with van der Waals surface area (Å²) in [6.45, 7) is 3.99. The molecule has 0 saturated heterocycles. The number of benzene rings is 2. The number of aromatic nitrogens is 1. The summed E-state index contributed by atoms with van der Waals surface area (Å²) in [5.41, 5.74) is 6.24. The van der Waals surface area contributed by atoms with Gasteiger partial charge in [-0.05, 0) is 56.3 Å². The third kappa shape index (κ3) is 4.70. The number of halogens is 1. The summed E-state index contributed by atoms with van der Waals surface area (Å²) in [4.78, 5) is 23.0. The first kappa shape index (κ1) is 22.0. The van der Waals surface area contributed by atoms with Gasteiger partial charge in [0.25, 0.3) is 11.6 Å². The summed E-state index contributed by atoms with van der Waals surface area (Å²) in [5, 5.41) is 15.2. The van der Waals surface area contributed by atoms with E-state index in [0.717, 1.165) is 17.1 Å². The SMILES string of the molecule is Cc1ccc(C)n1-c1ccc(C(=O)N/N=C/c2ccc(-c3cccc([N+](=O)[O-])c3)o2)c(Cl)c1. The highest BCUT2D eigenvalue weighted by atomic mass is 35.5. The van der Waals surface area contributed by atoms with Crippen molar-refractivity contribution >= 4 is 29.4 Å². The van der Waals surface area contributed by atoms with Crippen LogP contribution in [0.5, 0.6) is 0 Å². The molecule has 2 aromatic carbocycles. The van der Waals surface area contributed by atoms with Crippen molar-refractivity contribution in [3.63, 3.8) is 0 Å². The summed E-state index contributed by atoms with van der Waals surface area (Å²) in [5.74, 6) is 0.353. The second kappa shape index (κ2) is 9.13. The van der Waals surface area contributed by atoms with Crippen molar-refractivity contribution in [2.24, 2.45) is 5.10 Å². The lowest BCUT2D eigenvalue weighted by atomic mass is 10.1. The lowest BCUT2D eigenvalue weighted by molar-refractivity contribution is -0.384. The summed E-state index contributed by atoms with van der Waals surface area (Å²) >= 11 is 6.36. The van der Waals surface area contributed by atoms with Crippen molar-refractivity contribution in [2.45, 2.75) is 13.8 Å². The Balaban J connectivity index is 1.45. The van der Waals surface area contributed by atoms with Crippen LogP contribution < -0.4 is 5.43 Å². The molecule has 2 aromatic heterocycles. The minimum absolute atomic E-state index is 0.0311. The van der Waals surface area contributed by atoms with Crippen LogP contribution in [0.15, 0.2) is 76.2 Å². The lowest BCUT2D eigenvalue weighted by Gasteiger charge is -2.11. The molecule has 4 aromatic rings. The zero-order valence-electron chi connectivity index (χ0n) is 17.8. The number of carbonyl (C=O) groups excluding carboxylic acids is 1. The molecule has 0 saturated carbocycles. The highest BCUT2D eigenvalue weighted by Gasteiger charge is 2.13. The van der Waals surface area contributed by atoms with E-state index in [0.29, 0.717) is 22.1 Å². The van der Waals surface area contributed by atoms with Crippen LogP contribution in [-0.4, -0.2) is 21.6 Å². The molecule has 0 aliphatic heterocycles. The Morgan fingerprint density at radius 2 is 1.85 bits per heavy atom. The molecular formula is C24H19ClN4O4. The first-order valence-corrected chi connectivity index (χ1v) is 10.3. The molecule has 4 rings (SSSR count). The van der Waals surface area contributed by atoms with Gasteiger partial charge in [-0.15, -0.1) is 0 Å². The Kier molecular flexibility index (Phi) is 6.10. The maximum absolute atomic E-state index is 12.5. The minimum Gasteiger partial charge on any atom is -0.455 e. The molecule has 33 heavy (non-hydrogen) atoms. The summed E-state index contributed by atoms with van der Waals surface area (Å²) < 4.78 is 7.69.